The highest BCUT2D eigenvalue weighted by Crippen LogP contribution is 2.10. The molecule has 0 unspecified atom stereocenters. The van der Waals surface area contributed by atoms with Crippen molar-refractivity contribution in [2.45, 2.75) is 6.54 Å². The molecule has 0 aliphatic rings. The highest BCUT2D eigenvalue weighted by Gasteiger charge is 2.06. The first-order valence-electron chi connectivity index (χ1n) is 6.59. The molecule has 0 atom stereocenters. The van der Waals surface area contributed by atoms with Gasteiger partial charge in [0.2, 0.25) is 0 Å². The SMILES string of the molecule is O=C(NCc1ccc(-n2cccc2)cc1)c1cnccn1. The van der Waals surface area contributed by atoms with Gasteiger partial charge in [0, 0.05) is 37.0 Å². The van der Waals surface area contributed by atoms with E-state index in [-0.39, 0.29) is 5.91 Å². The smallest absolute Gasteiger partial charge is 0.271 e. The standard InChI is InChI=1S/C16H14N4O/c21-16(15-12-17-7-8-18-15)19-11-13-3-5-14(6-4-13)20-9-1-2-10-20/h1-10,12H,11H2,(H,19,21). The summed E-state index contributed by atoms with van der Waals surface area (Å²) in [7, 11) is 0. The Balaban J connectivity index is 1.62. The molecule has 0 bridgehead atoms. The maximum Gasteiger partial charge on any atom is 0.271 e. The third-order valence-electron chi connectivity index (χ3n) is 3.09. The maximum atomic E-state index is 11.9. The minimum absolute atomic E-state index is 0.224. The van der Waals surface area contributed by atoms with Gasteiger partial charge >= 0.3 is 0 Å². The first-order chi connectivity index (χ1) is 10.3. The number of amides is 1. The summed E-state index contributed by atoms with van der Waals surface area (Å²) in [5.41, 5.74) is 2.44. The van der Waals surface area contributed by atoms with Gasteiger partial charge in [-0.3, -0.25) is 9.78 Å². The number of carbonyl (C=O) groups is 1. The van der Waals surface area contributed by atoms with Crippen molar-refractivity contribution < 1.29 is 4.79 Å². The lowest BCUT2D eigenvalue weighted by molar-refractivity contribution is 0.0945. The fourth-order valence-electron chi connectivity index (χ4n) is 1.98. The normalized spacial score (nSPS) is 10.3. The zero-order valence-corrected chi connectivity index (χ0v) is 11.3. The molecule has 0 spiro atoms. The van der Waals surface area contributed by atoms with Crippen LogP contribution in [0.15, 0.2) is 67.4 Å². The molecule has 0 saturated heterocycles. The molecule has 21 heavy (non-hydrogen) atoms. The molecular formula is C16H14N4O. The maximum absolute atomic E-state index is 11.9. The summed E-state index contributed by atoms with van der Waals surface area (Å²) in [6, 6.07) is 12.0. The van der Waals surface area contributed by atoms with Crippen molar-refractivity contribution in [1.29, 1.82) is 0 Å². The third-order valence-corrected chi connectivity index (χ3v) is 3.09. The van der Waals surface area contributed by atoms with E-state index in [1.165, 1.54) is 18.6 Å². The van der Waals surface area contributed by atoms with E-state index in [0.29, 0.717) is 12.2 Å². The summed E-state index contributed by atoms with van der Waals surface area (Å²) in [6.45, 7) is 0.460. The van der Waals surface area contributed by atoms with E-state index in [0.717, 1.165) is 11.3 Å². The number of nitrogens with one attached hydrogen (secondary N) is 1. The van der Waals surface area contributed by atoms with E-state index in [9.17, 15) is 4.79 Å². The van der Waals surface area contributed by atoms with Gasteiger partial charge in [-0.15, -0.1) is 0 Å². The van der Waals surface area contributed by atoms with E-state index < -0.39 is 0 Å². The van der Waals surface area contributed by atoms with Crippen LogP contribution >= 0.6 is 0 Å². The highest BCUT2D eigenvalue weighted by atomic mass is 16.1. The monoisotopic (exact) mass is 278 g/mol. The molecule has 0 aliphatic heterocycles. The van der Waals surface area contributed by atoms with Gasteiger partial charge in [0.1, 0.15) is 5.69 Å². The van der Waals surface area contributed by atoms with E-state index in [1.54, 1.807) is 0 Å². The fourth-order valence-corrected chi connectivity index (χ4v) is 1.98. The first-order valence-corrected chi connectivity index (χ1v) is 6.59. The van der Waals surface area contributed by atoms with Gasteiger partial charge in [0.05, 0.1) is 6.20 Å². The van der Waals surface area contributed by atoms with Gasteiger partial charge in [-0.25, -0.2) is 4.98 Å². The minimum Gasteiger partial charge on any atom is -0.347 e. The molecule has 0 radical (unpaired) electrons. The quantitative estimate of drug-likeness (QED) is 0.796. The lowest BCUT2D eigenvalue weighted by atomic mass is 10.2. The predicted octanol–water partition coefficient (Wildman–Crippen LogP) is 2.20. The average molecular weight is 278 g/mol. The molecule has 2 aromatic heterocycles. The van der Waals surface area contributed by atoms with Gasteiger partial charge in [-0.1, -0.05) is 12.1 Å². The Morgan fingerprint density at radius 3 is 2.52 bits per heavy atom. The van der Waals surface area contributed by atoms with Crippen molar-refractivity contribution >= 4 is 5.91 Å². The van der Waals surface area contributed by atoms with Crippen LogP contribution in [0.3, 0.4) is 0 Å². The summed E-state index contributed by atoms with van der Waals surface area (Å²) in [6.07, 6.45) is 8.47. The number of hydrogen-bond acceptors (Lipinski definition) is 3. The van der Waals surface area contributed by atoms with Crippen LogP contribution in [-0.4, -0.2) is 20.4 Å². The molecule has 2 heterocycles. The molecule has 3 aromatic rings. The third kappa shape index (κ3) is 3.14. The molecule has 0 fully saturated rings. The van der Waals surface area contributed by atoms with Gasteiger partial charge in [0.25, 0.3) is 5.91 Å². The van der Waals surface area contributed by atoms with Crippen molar-refractivity contribution in [3.05, 3.63) is 78.6 Å². The molecular weight excluding hydrogens is 264 g/mol. The summed E-state index contributed by atoms with van der Waals surface area (Å²) >= 11 is 0. The number of carbonyl (C=O) groups excluding carboxylic acids is 1. The Hall–Kier alpha value is -2.95. The van der Waals surface area contributed by atoms with Crippen molar-refractivity contribution in [1.82, 2.24) is 19.9 Å². The van der Waals surface area contributed by atoms with Crippen LogP contribution < -0.4 is 5.32 Å². The Morgan fingerprint density at radius 1 is 1.10 bits per heavy atom. The number of aromatic nitrogens is 3. The number of rotatable bonds is 4. The van der Waals surface area contributed by atoms with Crippen LogP contribution in [0.25, 0.3) is 5.69 Å². The van der Waals surface area contributed by atoms with Gasteiger partial charge in [-0.2, -0.15) is 0 Å². The molecule has 0 saturated carbocycles. The van der Waals surface area contributed by atoms with Crippen LogP contribution in [0.2, 0.25) is 0 Å². The van der Waals surface area contributed by atoms with Crippen LogP contribution in [0, 0.1) is 0 Å². The molecule has 1 amide bonds. The molecule has 1 aromatic carbocycles. The second-order valence-electron chi connectivity index (χ2n) is 4.53. The molecule has 3 rings (SSSR count). The number of hydrogen-bond donors (Lipinski definition) is 1. The van der Waals surface area contributed by atoms with Crippen LogP contribution in [-0.2, 0) is 6.54 Å². The summed E-state index contributed by atoms with van der Waals surface area (Å²) in [5.74, 6) is -0.224. The van der Waals surface area contributed by atoms with E-state index >= 15 is 0 Å². The van der Waals surface area contributed by atoms with Crippen LogP contribution in [0.5, 0.6) is 0 Å². The predicted molar refractivity (Wildman–Crippen MR) is 79.0 cm³/mol. The first kappa shape index (κ1) is 13.1. The molecule has 104 valence electrons. The molecule has 0 aliphatic carbocycles. The van der Waals surface area contributed by atoms with E-state index in [2.05, 4.69) is 15.3 Å². The average Bonchev–Trinajstić information content (AvgIpc) is 3.08. The van der Waals surface area contributed by atoms with Crippen LogP contribution in [0.1, 0.15) is 16.1 Å². The van der Waals surface area contributed by atoms with Gasteiger partial charge in [0.15, 0.2) is 0 Å². The second-order valence-corrected chi connectivity index (χ2v) is 4.53. The summed E-state index contributed by atoms with van der Waals surface area (Å²) < 4.78 is 2.03. The van der Waals surface area contributed by atoms with Gasteiger partial charge in [-0.05, 0) is 29.8 Å². The largest absolute Gasteiger partial charge is 0.347 e. The zero-order valence-electron chi connectivity index (χ0n) is 11.3. The lowest BCUT2D eigenvalue weighted by Crippen LogP contribution is -2.23. The molecule has 1 N–H and O–H groups in total. The second kappa shape index (κ2) is 6.00. The zero-order chi connectivity index (χ0) is 14.5. The summed E-state index contributed by atoms with van der Waals surface area (Å²) in [5, 5.41) is 2.82. The highest BCUT2D eigenvalue weighted by molar-refractivity contribution is 5.91. The van der Waals surface area contributed by atoms with E-state index in [4.69, 9.17) is 0 Å². The lowest BCUT2D eigenvalue weighted by Gasteiger charge is -2.07. The topological polar surface area (TPSA) is 59.8 Å². The molecule has 5 heteroatoms. The Labute approximate surface area is 122 Å². The number of benzene rings is 1. The van der Waals surface area contributed by atoms with Crippen molar-refractivity contribution in [3.63, 3.8) is 0 Å². The van der Waals surface area contributed by atoms with E-state index in [1.807, 2.05) is 53.4 Å². The van der Waals surface area contributed by atoms with Crippen molar-refractivity contribution in [2.24, 2.45) is 0 Å². The van der Waals surface area contributed by atoms with Crippen molar-refractivity contribution in [3.8, 4) is 5.69 Å². The fraction of sp³-hybridized carbons (Fsp3) is 0.0625. The van der Waals surface area contributed by atoms with Crippen molar-refractivity contribution in [2.75, 3.05) is 0 Å². The van der Waals surface area contributed by atoms with Crippen LogP contribution in [0.4, 0.5) is 0 Å². The Morgan fingerprint density at radius 2 is 1.86 bits per heavy atom. The minimum atomic E-state index is -0.224. The summed E-state index contributed by atoms with van der Waals surface area (Å²) in [4.78, 5) is 19.7. The Kier molecular flexibility index (Phi) is 3.73. The number of nitrogens with zero attached hydrogens (tertiary/aromatic N) is 3. The molecule has 5 nitrogen and oxygen atoms in total. The van der Waals surface area contributed by atoms with Gasteiger partial charge < -0.3 is 9.88 Å². The Bertz CT molecular complexity index is 706.